The van der Waals surface area contributed by atoms with Gasteiger partial charge in [-0.15, -0.1) is 0 Å². The standard InChI is InChI=1S/C35H44O7/c1-4-6-23-39-31-16-10-28(11-17-31)29-12-20-33(21-13-29)42-35(37)30-14-18-32(19-15-30)40-24-9-7-8-22-38-25-26-41-34(36)27(3)5-2/h10-21,27H,4-9,22-26H2,1-3H3. The van der Waals surface area contributed by atoms with Gasteiger partial charge in [-0.05, 0) is 91.8 Å². The number of unbranched alkanes of at least 4 members (excludes halogenated alkanes) is 3. The molecule has 0 spiro atoms. The van der Waals surface area contributed by atoms with Crippen LogP contribution in [0.5, 0.6) is 17.2 Å². The largest absolute Gasteiger partial charge is 0.494 e. The fraction of sp³-hybridized carbons (Fsp3) is 0.429. The Kier molecular flexibility index (Phi) is 14.4. The van der Waals surface area contributed by atoms with E-state index in [1.54, 1.807) is 36.4 Å². The summed E-state index contributed by atoms with van der Waals surface area (Å²) < 4.78 is 27.8. The molecule has 0 saturated heterocycles. The van der Waals surface area contributed by atoms with E-state index in [0.29, 0.717) is 43.5 Å². The maximum absolute atomic E-state index is 12.6. The first kappa shape index (κ1) is 32.7. The van der Waals surface area contributed by atoms with Crippen LogP contribution in [0.3, 0.4) is 0 Å². The van der Waals surface area contributed by atoms with Gasteiger partial charge < -0.3 is 23.7 Å². The van der Waals surface area contributed by atoms with Gasteiger partial charge in [0.05, 0.1) is 31.3 Å². The molecule has 0 fully saturated rings. The molecular weight excluding hydrogens is 532 g/mol. The highest BCUT2D eigenvalue weighted by molar-refractivity contribution is 5.91. The first-order valence-corrected chi connectivity index (χ1v) is 15.0. The van der Waals surface area contributed by atoms with Gasteiger partial charge in [-0.25, -0.2) is 4.79 Å². The second-order valence-electron chi connectivity index (χ2n) is 10.2. The van der Waals surface area contributed by atoms with Crippen LogP contribution in [0.1, 0.15) is 69.7 Å². The maximum Gasteiger partial charge on any atom is 0.343 e. The van der Waals surface area contributed by atoms with Crippen LogP contribution in [0.25, 0.3) is 11.1 Å². The number of carbonyl (C=O) groups excluding carboxylic acids is 2. The molecule has 3 rings (SSSR count). The topological polar surface area (TPSA) is 80.3 Å². The molecule has 3 aromatic carbocycles. The second kappa shape index (κ2) is 18.6. The third-order valence-electron chi connectivity index (χ3n) is 6.80. The first-order valence-electron chi connectivity index (χ1n) is 15.0. The normalized spacial score (nSPS) is 11.5. The van der Waals surface area contributed by atoms with E-state index in [4.69, 9.17) is 23.7 Å². The van der Waals surface area contributed by atoms with Gasteiger partial charge in [-0.3, -0.25) is 4.79 Å². The summed E-state index contributed by atoms with van der Waals surface area (Å²) in [6.45, 7) is 8.62. The lowest BCUT2D eigenvalue weighted by Crippen LogP contribution is -2.17. The van der Waals surface area contributed by atoms with Crippen LogP contribution in [0.4, 0.5) is 0 Å². The van der Waals surface area contributed by atoms with E-state index in [1.165, 1.54) is 0 Å². The van der Waals surface area contributed by atoms with Gasteiger partial charge >= 0.3 is 11.9 Å². The van der Waals surface area contributed by atoms with E-state index >= 15 is 0 Å². The molecule has 3 aromatic rings. The van der Waals surface area contributed by atoms with Gasteiger partial charge in [0.25, 0.3) is 0 Å². The van der Waals surface area contributed by atoms with Gasteiger partial charge in [0.15, 0.2) is 0 Å². The smallest absolute Gasteiger partial charge is 0.343 e. The Labute approximate surface area is 250 Å². The van der Waals surface area contributed by atoms with E-state index in [9.17, 15) is 9.59 Å². The third-order valence-corrected chi connectivity index (χ3v) is 6.80. The van der Waals surface area contributed by atoms with Gasteiger partial charge in [-0.2, -0.15) is 0 Å². The van der Waals surface area contributed by atoms with E-state index in [-0.39, 0.29) is 11.9 Å². The zero-order valence-corrected chi connectivity index (χ0v) is 25.1. The van der Waals surface area contributed by atoms with Crippen molar-refractivity contribution in [3.63, 3.8) is 0 Å². The molecule has 42 heavy (non-hydrogen) atoms. The van der Waals surface area contributed by atoms with Gasteiger partial charge in [0.2, 0.25) is 0 Å². The highest BCUT2D eigenvalue weighted by Crippen LogP contribution is 2.25. The van der Waals surface area contributed by atoms with Crippen LogP contribution < -0.4 is 14.2 Å². The Hall–Kier alpha value is -3.84. The molecule has 0 aromatic heterocycles. The minimum absolute atomic E-state index is 0.0653. The van der Waals surface area contributed by atoms with Crippen LogP contribution in [0.2, 0.25) is 0 Å². The van der Waals surface area contributed by atoms with Crippen molar-refractivity contribution in [3.8, 4) is 28.4 Å². The minimum atomic E-state index is -0.419. The number of carbonyl (C=O) groups is 2. The van der Waals surface area contributed by atoms with Crippen molar-refractivity contribution in [2.24, 2.45) is 5.92 Å². The summed E-state index contributed by atoms with van der Waals surface area (Å²) in [5.74, 6) is 1.41. The lowest BCUT2D eigenvalue weighted by molar-refractivity contribution is -0.149. The van der Waals surface area contributed by atoms with E-state index in [0.717, 1.165) is 62.0 Å². The molecule has 7 heteroatoms. The van der Waals surface area contributed by atoms with E-state index < -0.39 is 5.97 Å². The average Bonchev–Trinajstić information content (AvgIpc) is 3.02. The van der Waals surface area contributed by atoms with Crippen LogP contribution in [-0.4, -0.2) is 45.0 Å². The number of ether oxygens (including phenoxy) is 5. The van der Waals surface area contributed by atoms with Crippen molar-refractivity contribution in [3.05, 3.63) is 78.4 Å². The fourth-order valence-electron chi connectivity index (χ4n) is 3.93. The molecule has 0 bridgehead atoms. The summed E-state index contributed by atoms with van der Waals surface area (Å²) in [4.78, 5) is 24.2. The quantitative estimate of drug-likeness (QED) is 0.0815. The van der Waals surface area contributed by atoms with Crippen molar-refractivity contribution in [2.75, 3.05) is 33.0 Å². The molecule has 0 amide bonds. The number of benzene rings is 3. The monoisotopic (exact) mass is 576 g/mol. The molecule has 0 N–H and O–H groups in total. The summed E-state index contributed by atoms with van der Waals surface area (Å²) in [5, 5.41) is 0. The lowest BCUT2D eigenvalue weighted by atomic mass is 10.1. The van der Waals surface area contributed by atoms with Crippen molar-refractivity contribution in [1.82, 2.24) is 0 Å². The van der Waals surface area contributed by atoms with Gasteiger partial charge in [0.1, 0.15) is 23.9 Å². The zero-order chi connectivity index (χ0) is 30.0. The molecular formula is C35H44O7. The number of hydrogen-bond acceptors (Lipinski definition) is 7. The van der Waals surface area contributed by atoms with Crippen LogP contribution >= 0.6 is 0 Å². The fourth-order valence-corrected chi connectivity index (χ4v) is 3.93. The zero-order valence-electron chi connectivity index (χ0n) is 25.1. The number of hydrogen-bond donors (Lipinski definition) is 0. The molecule has 7 nitrogen and oxygen atoms in total. The summed E-state index contributed by atoms with van der Waals surface area (Å²) in [6.07, 6.45) is 5.70. The maximum atomic E-state index is 12.6. The number of esters is 2. The van der Waals surface area contributed by atoms with Gasteiger partial charge in [-0.1, -0.05) is 51.5 Å². The van der Waals surface area contributed by atoms with E-state index in [1.807, 2.05) is 50.2 Å². The molecule has 0 radical (unpaired) electrons. The molecule has 1 atom stereocenters. The molecule has 0 aliphatic carbocycles. The Morgan fingerprint density at radius 1 is 0.619 bits per heavy atom. The van der Waals surface area contributed by atoms with Crippen molar-refractivity contribution in [2.45, 2.75) is 59.3 Å². The van der Waals surface area contributed by atoms with Gasteiger partial charge in [0, 0.05) is 6.61 Å². The summed E-state index contributed by atoms with van der Waals surface area (Å²) in [5.41, 5.74) is 2.55. The SMILES string of the molecule is CCCCOc1ccc(-c2ccc(OC(=O)c3ccc(OCCCCCOCCOC(=O)C(C)CC)cc3)cc2)cc1. The Balaban J connectivity index is 1.31. The minimum Gasteiger partial charge on any atom is -0.494 e. The van der Waals surface area contributed by atoms with Crippen LogP contribution in [-0.2, 0) is 14.3 Å². The summed E-state index contributed by atoms with van der Waals surface area (Å²) in [6, 6.07) is 22.4. The highest BCUT2D eigenvalue weighted by atomic mass is 16.6. The molecule has 226 valence electrons. The summed E-state index contributed by atoms with van der Waals surface area (Å²) >= 11 is 0. The van der Waals surface area contributed by atoms with Crippen LogP contribution in [0.15, 0.2) is 72.8 Å². The Morgan fingerprint density at radius 3 is 1.76 bits per heavy atom. The van der Waals surface area contributed by atoms with Crippen molar-refractivity contribution >= 4 is 11.9 Å². The van der Waals surface area contributed by atoms with Crippen molar-refractivity contribution < 1.29 is 33.3 Å². The Morgan fingerprint density at radius 2 is 1.17 bits per heavy atom. The third kappa shape index (κ3) is 11.6. The molecule has 0 heterocycles. The predicted octanol–water partition coefficient (Wildman–Crippen LogP) is 7.91. The molecule has 0 aliphatic rings. The second-order valence-corrected chi connectivity index (χ2v) is 10.2. The lowest BCUT2D eigenvalue weighted by Gasteiger charge is -2.10. The Bertz CT molecular complexity index is 1190. The summed E-state index contributed by atoms with van der Waals surface area (Å²) in [7, 11) is 0. The predicted molar refractivity (Wildman–Crippen MR) is 164 cm³/mol. The average molecular weight is 577 g/mol. The molecule has 0 aliphatic heterocycles. The molecule has 0 saturated carbocycles. The number of rotatable bonds is 19. The van der Waals surface area contributed by atoms with Crippen molar-refractivity contribution in [1.29, 1.82) is 0 Å². The van der Waals surface area contributed by atoms with E-state index in [2.05, 4.69) is 6.92 Å². The molecule has 1 unspecified atom stereocenters. The first-order chi connectivity index (χ1) is 20.5. The highest BCUT2D eigenvalue weighted by Gasteiger charge is 2.11. The van der Waals surface area contributed by atoms with Crippen LogP contribution in [0, 0.1) is 5.92 Å².